The van der Waals surface area contributed by atoms with Crippen LogP contribution in [0.1, 0.15) is 23.6 Å². The second kappa shape index (κ2) is 7.21. The predicted molar refractivity (Wildman–Crippen MR) is 105 cm³/mol. The Labute approximate surface area is 148 Å². The molecule has 2 aromatic carbocycles. The van der Waals surface area contributed by atoms with Gasteiger partial charge in [-0.3, -0.25) is 0 Å². The third-order valence-electron chi connectivity index (χ3n) is 4.37. The average molecular weight is 333 g/mol. The highest BCUT2D eigenvalue weighted by molar-refractivity contribution is 5.80. The number of aryl methyl sites for hydroxylation is 2. The molecule has 0 atom stereocenters. The van der Waals surface area contributed by atoms with Crippen LogP contribution < -0.4 is 16.4 Å². The highest BCUT2D eigenvalue weighted by Gasteiger charge is 2.10. The van der Waals surface area contributed by atoms with Crippen LogP contribution in [0.2, 0.25) is 0 Å². The number of nitrogen functional groups attached to an aromatic ring is 1. The summed E-state index contributed by atoms with van der Waals surface area (Å²) in [5, 5.41) is 6.57. The Kier molecular flexibility index (Phi) is 4.84. The van der Waals surface area contributed by atoms with Gasteiger partial charge in [0.2, 0.25) is 0 Å². The SMILES string of the molecule is CCc1ccc(Nc2ncnc(Nc3cccc(C)c3C)c2N)cc1. The molecule has 1 heterocycles. The number of hydrogen-bond acceptors (Lipinski definition) is 5. The Hall–Kier alpha value is -3.08. The molecule has 3 aromatic rings. The largest absolute Gasteiger partial charge is 0.393 e. The molecule has 0 aliphatic heterocycles. The molecule has 1 aromatic heterocycles. The lowest BCUT2D eigenvalue weighted by atomic mass is 10.1. The van der Waals surface area contributed by atoms with E-state index in [2.05, 4.69) is 59.6 Å². The fourth-order valence-electron chi connectivity index (χ4n) is 2.57. The Morgan fingerprint density at radius 2 is 1.60 bits per heavy atom. The fourth-order valence-corrected chi connectivity index (χ4v) is 2.57. The van der Waals surface area contributed by atoms with Gasteiger partial charge in [-0.15, -0.1) is 0 Å². The first-order valence-corrected chi connectivity index (χ1v) is 8.38. The van der Waals surface area contributed by atoms with E-state index < -0.39 is 0 Å². The summed E-state index contributed by atoms with van der Waals surface area (Å²) in [5.41, 5.74) is 12.4. The molecule has 3 rings (SSSR count). The maximum Gasteiger partial charge on any atom is 0.159 e. The molecule has 128 valence electrons. The molecule has 0 amide bonds. The Morgan fingerprint density at radius 1 is 0.920 bits per heavy atom. The number of nitrogens with two attached hydrogens (primary N) is 1. The topological polar surface area (TPSA) is 75.9 Å². The summed E-state index contributed by atoms with van der Waals surface area (Å²) in [7, 11) is 0. The third-order valence-corrected chi connectivity index (χ3v) is 4.37. The first kappa shape index (κ1) is 16.8. The number of rotatable bonds is 5. The molecule has 4 N–H and O–H groups in total. The number of benzene rings is 2. The number of nitrogens with zero attached hydrogens (tertiary/aromatic N) is 2. The van der Waals surface area contributed by atoms with E-state index in [1.807, 2.05) is 24.3 Å². The van der Waals surface area contributed by atoms with E-state index in [4.69, 9.17) is 5.73 Å². The number of aromatic nitrogens is 2. The van der Waals surface area contributed by atoms with Crippen LogP contribution in [-0.4, -0.2) is 9.97 Å². The van der Waals surface area contributed by atoms with Crippen LogP contribution in [0.15, 0.2) is 48.8 Å². The van der Waals surface area contributed by atoms with Crippen molar-refractivity contribution in [2.45, 2.75) is 27.2 Å². The standard InChI is InChI=1S/C20H23N5/c1-4-15-8-10-16(11-9-15)24-19-18(21)20(23-12-22-19)25-17-7-5-6-13(2)14(17)3/h5-12H,4,21H2,1-3H3,(H2,22,23,24,25). The summed E-state index contributed by atoms with van der Waals surface area (Å²) in [6.45, 7) is 6.29. The van der Waals surface area contributed by atoms with Gasteiger partial charge in [0.15, 0.2) is 11.6 Å². The van der Waals surface area contributed by atoms with Crippen molar-refractivity contribution in [3.05, 3.63) is 65.5 Å². The van der Waals surface area contributed by atoms with E-state index in [0.29, 0.717) is 17.3 Å². The zero-order valence-corrected chi connectivity index (χ0v) is 14.8. The molecule has 0 aliphatic carbocycles. The molecule has 0 bridgehead atoms. The fraction of sp³-hybridized carbons (Fsp3) is 0.200. The molecular formula is C20H23N5. The van der Waals surface area contributed by atoms with Gasteiger partial charge in [-0.25, -0.2) is 9.97 Å². The summed E-state index contributed by atoms with van der Waals surface area (Å²) in [4.78, 5) is 8.56. The van der Waals surface area contributed by atoms with Crippen molar-refractivity contribution in [2.75, 3.05) is 16.4 Å². The Morgan fingerprint density at radius 3 is 2.28 bits per heavy atom. The van der Waals surface area contributed by atoms with Crippen LogP contribution in [-0.2, 0) is 6.42 Å². The van der Waals surface area contributed by atoms with Crippen molar-refractivity contribution in [1.29, 1.82) is 0 Å². The quantitative estimate of drug-likeness (QED) is 0.629. The van der Waals surface area contributed by atoms with Crippen LogP contribution in [0.25, 0.3) is 0 Å². The van der Waals surface area contributed by atoms with E-state index in [-0.39, 0.29) is 0 Å². The molecule has 25 heavy (non-hydrogen) atoms. The van der Waals surface area contributed by atoms with Crippen LogP contribution in [0, 0.1) is 13.8 Å². The number of anilines is 5. The molecule has 0 radical (unpaired) electrons. The molecule has 0 saturated carbocycles. The zero-order chi connectivity index (χ0) is 17.8. The van der Waals surface area contributed by atoms with Gasteiger partial charge in [0, 0.05) is 11.4 Å². The Balaban J connectivity index is 1.85. The lowest BCUT2D eigenvalue weighted by molar-refractivity contribution is 1.14. The van der Waals surface area contributed by atoms with Crippen LogP contribution in [0.4, 0.5) is 28.7 Å². The molecule has 0 saturated heterocycles. The van der Waals surface area contributed by atoms with Gasteiger partial charge in [0.05, 0.1) is 0 Å². The second-order valence-electron chi connectivity index (χ2n) is 6.03. The normalized spacial score (nSPS) is 10.5. The van der Waals surface area contributed by atoms with E-state index in [1.165, 1.54) is 23.0 Å². The lowest BCUT2D eigenvalue weighted by Gasteiger charge is -2.15. The third kappa shape index (κ3) is 3.71. The molecule has 5 heteroatoms. The monoisotopic (exact) mass is 333 g/mol. The van der Waals surface area contributed by atoms with Gasteiger partial charge >= 0.3 is 0 Å². The molecule has 5 nitrogen and oxygen atoms in total. The van der Waals surface area contributed by atoms with Crippen molar-refractivity contribution < 1.29 is 0 Å². The smallest absolute Gasteiger partial charge is 0.159 e. The second-order valence-corrected chi connectivity index (χ2v) is 6.03. The van der Waals surface area contributed by atoms with E-state index in [1.54, 1.807) is 0 Å². The van der Waals surface area contributed by atoms with Crippen LogP contribution in [0.5, 0.6) is 0 Å². The maximum absolute atomic E-state index is 6.27. The first-order valence-electron chi connectivity index (χ1n) is 8.38. The summed E-state index contributed by atoms with van der Waals surface area (Å²) in [5.74, 6) is 1.18. The van der Waals surface area contributed by atoms with Gasteiger partial charge in [-0.1, -0.05) is 31.2 Å². The predicted octanol–water partition coefficient (Wildman–Crippen LogP) is 4.73. The highest BCUT2D eigenvalue weighted by Crippen LogP contribution is 2.29. The van der Waals surface area contributed by atoms with Gasteiger partial charge in [0.1, 0.15) is 12.0 Å². The first-order chi connectivity index (χ1) is 12.1. The molecular weight excluding hydrogens is 310 g/mol. The van der Waals surface area contributed by atoms with Crippen molar-refractivity contribution in [3.8, 4) is 0 Å². The highest BCUT2D eigenvalue weighted by atomic mass is 15.1. The van der Waals surface area contributed by atoms with Crippen molar-refractivity contribution in [2.24, 2.45) is 0 Å². The van der Waals surface area contributed by atoms with E-state index in [0.717, 1.165) is 17.8 Å². The van der Waals surface area contributed by atoms with Gasteiger partial charge < -0.3 is 16.4 Å². The number of hydrogen-bond donors (Lipinski definition) is 3. The summed E-state index contributed by atoms with van der Waals surface area (Å²) < 4.78 is 0. The van der Waals surface area contributed by atoms with Gasteiger partial charge in [-0.2, -0.15) is 0 Å². The summed E-state index contributed by atoms with van der Waals surface area (Å²) in [6.07, 6.45) is 2.52. The van der Waals surface area contributed by atoms with E-state index in [9.17, 15) is 0 Å². The minimum atomic E-state index is 0.489. The van der Waals surface area contributed by atoms with Crippen LogP contribution in [0.3, 0.4) is 0 Å². The minimum absolute atomic E-state index is 0.489. The molecule has 0 fully saturated rings. The minimum Gasteiger partial charge on any atom is -0.393 e. The van der Waals surface area contributed by atoms with Gasteiger partial charge in [0.25, 0.3) is 0 Å². The van der Waals surface area contributed by atoms with E-state index >= 15 is 0 Å². The zero-order valence-electron chi connectivity index (χ0n) is 14.8. The molecule has 0 spiro atoms. The number of nitrogens with one attached hydrogen (secondary N) is 2. The molecule has 0 aliphatic rings. The van der Waals surface area contributed by atoms with Crippen molar-refractivity contribution in [1.82, 2.24) is 9.97 Å². The Bertz CT molecular complexity index is 872. The van der Waals surface area contributed by atoms with Crippen molar-refractivity contribution in [3.63, 3.8) is 0 Å². The van der Waals surface area contributed by atoms with Gasteiger partial charge in [-0.05, 0) is 55.2 Å². The van der Waals surface area contributed by atoms with Crippen LogP contribution >= 0.6 is 0 Å². The summed E-state index contributed by atoms with van der Waals surface area (Å²) in [6, 6.07) is 14.3. The van der Waals surface area contributed by atoms with Crippen molar-refractivity contribution >= 4 is 28.7 Å². The lowest BCUT2D eigenvalue weighted by Crippen LogP contribution is -2.06. The maximum atomic E-state index is 6.27. The molecule has 0 unspecified atom stereocenters. The average Bonchev–Trinajstić information content (AvgIpc) is 2.63. The summed E-state index contributed by atoms with van der Waals surface area (Å²) >= 11 is 0.